The van der Waals surface area contributed by atoms with E-state index in [1.54, 1.807) is 6.07 Å². The Balaban J connectivity index is 2.96. The van der Waals surface area contributed by atoms with Gasteiger partial charge in [0.25, 0.3) is 11.8 Å². The van der Waals surface area contributed by atoms with Gasteiger partial charge >= 0.3 is 0 Å². The number of nitriles is 1. The Morgan fingerprint density at radius 2 is 2.15 bits per heavy atom. The zero-order valence-electron chi connectivity index (χ0n) is 6.57. The van der Waals surface area contributed by atoms with Crippen molar-refractivity contribution in [2.24, 2.45) is 5.73 Å². The van der Waals surface area contributed by atoms with E-state index in [1.165, 1.54) is 0 Å². The second kappa shape index (κ2) is 3.25. The van der Waals surface area contributed by atoms with E-state index in [9.17, 15) is 9.59 Å². The first kappa shape index (κ1) is 9.22. The molecule has 1 aliphatic heterocycles. The van der Waals surface area contributed by atoms with Crippen molar-refractivity contribution in [3.63, 3.8) is 0 Å². The van der Waals surface area contributed by atoms with Crippen LogP contribution in [0.25, 0.3) is 0 Å². The number of nitrogens with zero attached hydrogens (tertiary/aromatic N) is 1. The average Bonchev–Trinajstić information content (AvgIpc) is 2.27. The third-order valence-corrected chi connectivity index (χ3v) is 1.62. The van der Waals surface area contributed by atoms with Gasteiger partial charge in [-0.25, -0.2) is 0 Å². The molecule has 6 heteroatoms. The molecule has 6 nitrogen and oxygen atoms in total. The monoisotopic (exact) mass is 181 g/mol. The van der Waals surface area contributed by atoms with Gasteiger partial charge in [0.05, 0.1) is 24.1 Å². The summed E-state index contributed by atoms with van der Waals surface area (Å²) in [7, 11) is 0. The maximum absolute atomic E-state index is 11.0. The summed E-state index contributed by atoms with van der Waals surface area (Å²) in [6.07, 6.45) is -0.125. The molecule has 0 aromatic rings. The fourth-order valence-electron chi connectivity index (χ4n) is 1.00. The molecule has 0 aliphatic carbocycles. The number of carbonyl (C=O) groups is 2. The molecule has 1 rings (SSSR count). The summed E-state index contributed by atoms with van der Waals surface area (Å²) in [5, 5.41) is 19.2. The highest BCUT2D eigenvalue weighted by Gasteiger charge is 2.33. The van der Waals surface area contributed by atoms with Crippen LogP contribution >= 0.6 is 0 Å². The molecule has 0 saturated carbocycles. The third-order valence-electron chi connectivity index (χ3n) is 1.62. The minimum absolute atomic E-state index is 0.125. The fourth-order valence-corrected chi connectivity index (χ4v) is 1.00. The zero-order valence-corrected chi connectivity index (χ0v) is 6.57. The zero-order chi connectivity index (χ0) is 10.0. The van der Waals surface area contributed by atoms with Gasteiger partial charge in [-0.1, -0.05) is 0 Å². The predicted octanol–water partition coefficient (Wildman–Crippen LogP) is -1.30. The van der Waals surface area contributed by atoms with Crippen molar-refractivity contribution in [3.05, 3.63) is 11.3 Å². The van der Waals surface area contributed by atoms with E-state index >= 15 is 0 Å². The van der Waals surface area contributed by atoms with Crippen LogP contribution in [0.5, 0.6) is 0 Å². The van der Waals surface area contributed by atoms with Gasteiger partial charge in [0.15, 0.2) is 5.76 Å². The summed E-state index contributed by atoms with van der Waals surface area (Å²) >= 11 is 0. The van der Waals surface area contributed by atoms with Crippen molar-refractivity contribution in [2.75, 3.05) is 0 Å². The molecule has 4 N–H and O–H groups in total. The quantitative estimate of drug-likeness (QED) is 0.457. The number of aliphatic hydroxyl groups is 1. The van der Waals surface area contributed by atoms with Crippen LogP contribution in [-0.2, 0) is 9.59 Å². The van der Waals surface area contributed by atoms with Crippen molar-refractivity contribution in [2.45, 2.75) is 12.5 Å². The van der Waals surface area contributed by atoms with Gasteiger partial charge in [0.1, 0.15) is 0 Å². The lowest BCUT2D eigenvalue weighted by Gasteiger charge is -2.05. The summed E-state index contributed by atoms with van der Waals surface area (Å²) in [4.78, 5) is 21.7. The van der Waals surface area contributed by atoms with Crippen LogP contribution in [0, 0.1) is 11.3 Å². The fraction of sp³-hybridized carbons (Fsp3) is 0.286. The van der Waals surface area contributed by atoms with Crippen molar-refractivity contribution in [1.29, 1.82) is 5.26 Å². The van der Waals surface area contributed by atoms with Gasteiger partial charge in [0, 0.05) is 0 Å². The number of aliphatic hydroxyl groups excluding tert-OH is 1. The summed E-state index contributed by atoms with van der Waals surface area (Å²) < 4.78 is 0. The number of amides is 2. The normalized spacial score (nSPS) is 18.5. The molecule has 0 unspecified atom stereocenters. The number of carbonyl (C=O) groups excluding carboxylic acids is 2. The van der Waals surface area contributed by atoms with E-state index in [0.29, 0.717) is 0 Å². The maximum atomic E-state index is 11.0. The smallest absolute Gasteiger partial charge is 0.293 e. The molecule has 1 aliphatic rings. The lowest BCUT2D eigenvalue weighted by Crippen LogP contribution is -2.30. The second-order valence-corrected chi connectivity index (χ2v) is 2.51. The standard InChI is InChI=1S/C7H7N3O3/c8-2-1-3(9)4-5(11)7(13)10-6(4)12/h3H,1,9H2,(H2,10,11,12,13)/t3-/m1/s1. The minimum atomic E-state index is -0.920. The molecule has 0 spiro atoms. The van der Waals surface area contributed by atoms with Crippen LogP contribution in [0.2, 0.25) is 0 Å². The third kappa shape index (κ3) is 1.50. The minimum Gasteiger partial charge on any atom is -0.503 e. The first-order chi connectivity index (χ1) is 6.07. The van der Waals surface area contributed by atoms with Gasteiger partial charge in [-0.3, -0.25) is 14.9 Å². The van der Waals surface area contributed by atoms with Crippen LogP contribution in [0.4, 0.5) is 0 Å². The molecule has 0 aromatic carbocycles. The highest BCUT2D eigenvalue weighted by atomic mass is 16.3. The molecule has 0 bridgehead atoms. The lowest BCUT2D eigenvalue weighted by atomic mass is 10.1. The van der Waals surface area contributed by atoms with Crippen LogP contribution in [0.15, 0.2) is 11.3 Å². The van der Waals surface area contributed by atoms with E-state index < -0.39 is 23.6 Å². The molecule has 68 valence electrons. The van der Waals surface area contributed by atoms with Crippen molar-refractivity contribution in [3.8, 4) is 6.07 Å². The Hall–Kier alpha value is -1.87. The topological polar surface area (TPSA) is 116 Å². The number of imide groups is 1. The maximum Gasteiger partial charge on any atom is 0.293 e. The Labute approximate surface area is 73.6 Å². The van der Waals surface area contributed by atoms with Gasteiger partial charge in [-0.2, -0.15) is 5.26 Å². The van der Waals surface area contributed by atoms with E-state index in [4.69, 9.17) is 16.1 Å². The SMILES string of the molecule is N#CC[C@@H](N)C1=C(O)C(=O)NC1=O. The predicted molar refractivity (Wildman–Crippen MR) is 41.0 cm³/mol. The molecule has 0 saturated heterocycles. The molecule has 0 fully saturated rings. The van der Waals surface area contributed by atoms with Crippen molar-refractivity contribution in [1.82, 2.24) is 5.32 Å². The molecule has 1 atom stereocenters. The molecule has 1 heterocycles. The van der Waals surface area contributed by atoms with Crippen molar-refractivity contribution < 1.29 is 14.7 Å². The Morgan fingerprint density at radius 3 is 2.54 bits per heavy atom. The molecule has 13 heavy (non-hydrogen) atoms. The largest absolute Gasteiger partial charge is 0.503 e. The molecule has 2 amide bonds. The van der Waals surface area contributed by atoms with Gasteiger partial charge in [-0.15, -0.1) is 0 Å². The summed E-state index contributed by atoms with van der Waals surface area (Å²) in [6.45, 7) is 0. The van der Waals surface area contributed by atoms with Crippen LogP contribution in [0.3, 0.4) is 0 Å². The van der Waals surface area contributed by atoms with Gasteiger partial charge in [-0.05, 0) is 0 Å². The van der Waals surface area contributed by atoms with E-state index in [-0.39, 0.29) is 12.0 Å². The summed E-state index contributed by atoms with van der Waals surface area (Å²) in [6, 6.07) is 0.819. The van der Waals surface area contributed by atoms with Crippen molar-refractivity contribution >= 4 is 11.8 Å². The Morgan fingerprint density at radius 1 is 1.54 bits per heavy atom. The van der Waals surface area contributed by atoms with Crippen LogP contribution in [-0.4, -0.2) is 23.0 Å². The number of nitrogens with two attached hydrogens (primary N) is 1. The van der Waals surface area contributed by atoms with E-state index in [2.05, 4.69) is 0 Å². The Kier molecular flexibility index (Phi) is 2.30. The number of hydrogen-bond acceptors (Lipinski definition) is 5. The average molecular weight is 181 g/mol. The number of hydrogen-bond donors (Lipinski definition) is 3. The second-order valence-electron chi connectivity index (χ2n) is 2.51. The van der Waals surface area contributed by atoms with Gasteiger partial charge in [0.2, 0.25) is 0 Å². The summed E-state index contributed by atoms with van der Waals surface area (Å²) in [5.74, 6) is -2.29. The molecule has 0 radical (unpaired) electrons. The number of nitrogens with one attached hydrogen (secondary N) is 1. The Bertz CT molecular complexity index is 339. The van der Waals surface area contributed by atoms with E-state index in [1.807, 2.05) is 5.32 Å². The highest BCUT2D eigenvalue weighted by Crippen LogP contribution is 2.14. The lowest BCUT2D eigenvalue weighted by molar-refractivity contribution is -0.125. The molecular formula is C7H7N3O3. The summed E-state index contributed by atoms with van der Waals surface area (Å²) in [5.41, 5.74) is 5.16. The number of rotatable bonds is 2. The first-order valence-electron chi connectivity index (χ1n) is 3.49. The van der Waals surface area contributed by atoms with Crippen LogP contribution < -0.4 is 11.1 Å². The molecule has 0 aromatic heterocycles. The molecular weight excluding hydrogens is 174 g/mol. The first-order valence-corrected chi connectivity index (χ1v) is 3.49. The van der Waals surface area contributed by atoms with E-state index in [0.717, 1.165) is 0 Å². The van der Waals surface area contributed by atoms with Gasteiger partial charge < -0.3 is 10.8 Å². The van der Waals surface area contributed by atoms with Crippen LogP contribution in [0.1, 0.15) is 6.42 Å². The highest BCUT2D eigenvalue weighted by molar-refractivity contribution is 6.18.